The average molecular weight is 276 g/mol. The Hall–Kier alpha value is -2.13. The summed E-state index contributed by atoms with van der Waals surface area (Å²) in [7, 11) is 3.93. The molecule has 6 heteroatoms. The van der Waals surface area contributed by atoms with Crippen LogP contribution in [0, 0.1) is 27.4 Å². The second kappa shape index (κ2) is 6.87. The lowest BCUT2D eigenvalue weighted by Crippen LogP contribution is -2.36. The molecule has 0 spiro atoms. The van der Waals surface area contributed by atoms with Crippen LogP contribution in [-0.4, -0.2) is 36.5 Å². The number of nitro groups is 1. The van der Waals surface area contributed by atoms with Gasteiger partial charge in [-0.1, -0.05) is 13.8 Å². The largest absolute Gasteiger partial charge is 0.375 e. The summed E-state index contributed by atoms with van der Waals surface area (Å²) in [6, 6.07) is 6.50. The Balaban J connectivity index is 3.06. The van der Waals surface area contributed by atoms with Crippen LogP contribution < -0.4 is 5.32 Å². The van der Waals surface area contributed by atoms with Gasteiger partial charge >= 0.3 is 0 Å². The van der Waals surface area contributed by atoms with Crippen LogP contribution in [0.1, 0.15) is 19.4 Å². The number of nitro benzene ring substituents is 1. The second-order valence-corrected chi connectivity index (χ2v) is 5.36. The van der Waals surface area contributed by atoms with E-state index in [0.717, 1.165) is 6.54 Å². The average Bonchev–Trinajstić information content (AvgIpc) is 2.37. The first-order chi connectivity index (χ1) is 9.35. The standard InChI is InChI=1S/C14H20N4O2/c1-10(2)13(9-17(3)4)16-12-6-5-11(8-15)7-14(12)18(19)20/h5-7,10,13,16H,9H2,1-4H3. The molecule has 0 saturated carbocycles. The van der Waals surface area contributed by atoms with Crippen LogP contribution in [0.15, 0.2) is 18.2 Å². The Kier molecular flexibility index (Phi) is 5.47. The van der Waals surface area contributed by atoms with Gasteiger partial charge in [-0.05, 0) is 32.1 Å². The van der Waals surface area contributed by atoms with Crippen LogP contribution in [0.2, 0.25) is 0 Å². The van der Waals surface area contributed by atoms with Crippen molar-refractivity contribution in [3.05, 3.63) is 33.9 Å². The molecule has 0 aliphatic carbocycles. The number of hydrogen-bond donors (Lipinski definition) is 1. The van der Waals surface area contributed by atoms with Crippen LogP contribution in [0.5, 0.6) is 0 Å². The summed E-state index contributed by atoms with van der Waals surface area (Å²) in [5.41, 5.74) is 0.680. The van der Waals surface area contributed by atoms with Gasteiger partial charge in [0.1, 0.15) is 5.69 Å². The molecule has 1 aromatic rings. The van der Waals surface area contributed by atoms with Crippen LogP contribution >= 0.6 is 0 Å². The van der Waals surface area contributed by atoms with Gasteiger partial charge in [0.15, 0.2) is 0 Å². The molecule has 0 radical (unpaired) electrons. The van der Waals surface area contributed by atoms with Crippen molar-refractivity contribution in [3.63, 3.8) is 0 Å². The van der Waals surface area contributed by atoms with Crippen molar-refractivity contribution < 1.29 is 4.92 Å². The zero-order valence-corrected chi connectivity index (χ0v) is 12.3. The van der Waals surface area contributed by atoms with Gasteiger partial charge in [0.25, 0.3) is 5.69 Å². The van der Waals surface area contributed by atoms with Crippen molar-refractivity contribution in [2.45, 2.75) is 19.9 Å². The van der Waals surface area contributed by atoms with Crippen molar-refractivity contribution in [2.24, 2.45) is 5.92 Å². The van der Waals surface area contributed by atoms with Crippen molar-refractivity contribution in [1.82, 2.24) is 4.90 Å². The number of likely N-dealkylation sites (N-methyl/N-ethyl adjacent to an activating group) is 1. The molecule has 6 nitrogen and oxygen atoms in total. The first-order valence-corrected chi connectivity index (χ1v) is 6.45. The van der Waals surface area contributed by atoms with E-state index < -0.39 is 4.92 Å². The lowest BCUT2D eigenvalue weighted by atomic mass is 10.0. The monoisotopic (exact) mass is 276 g/mol. The predicted octanol–water partition coefficient (Wildman–Crippen LogP) is 2.46. The van der Waals surface area contributed by atoms with Crippen molar-refractivity contribution in [1.29, 1.82) is 5.26 Å². The Morgan fingerprint density at radius 2 is 2.10 bits per heavy atom. The van der Waals surface area contributed by atoms with Gasteiger partial charge in [0.05, 0.1) is 16.6 Å². The first-order valence-electron chi connectivity index (χ1n) is 6.45. The number of anilines is 1. The molecule has 1 atom stereocenters. The van der Waals surface area contributed by atoms with E-state index in [1.54, 1.807) is 12.1 Å². The maximum Gasteiger partial charge on any atom is 0.293 e. The molecule has 1 unspecified atom stereocenters. The highest BCUT2D eigenvalue weighted by atomic mass is 16.6. The lowest BCUT2D eigenvalue weighted by molar-refractivity contribution is -0.384. The van der Waals surface area contributed by atoms with Gasteiger partial charge in [-0.2, -0.15) is 5.26 Å². The van der Waals surface area contributed by atoms with E-state index in [4.69, 9.17) is 5.26 Å². The Morgan fingerprint density at radius 3 is 2.55 bits per heavy atom. The maximum atomic E-state index is 11.1. The number of hydrogen-bond acceptors (Lipinski definition) is 5. The number of rotatable bonds is 6. The fourth-order valence-electron chi connectivity index (χ4n) is 1.89. The highest BCUT2D eigenvalue weighted by Crippen LogP contribution is 2.27. The topological polar surface area (TPSA) is 82.2 Å². The summed E-state index contributed by atoms with van der Waals surface area (Å²) in [4.78, 5) is 12.7. The van der Waals surface area contributed by atoms with Crippen LogP contribution in [0.4, 0.5) is 11.4 Å². The van der Waals surface area contributed by atoms with E-state index in [1.165, 1.54) is 6.07 Å². The number of nitrogens with one attached hydrogen (secondary N) is 1. The minimum absolute atomic E-state index is 0.0616. The van der Waals surface area contributed by atoms with Crippen molar-refractivity contribution in [3.8, 4) is 6.07 Å². The molecule has 0 heterocycles. The molecule has 0 bridgehead atoms. The molecular formula is C14H20N4O2. The van der Waals surface area contributed by atoms with Gasteiger partial charge < -0.3 is 10.2 Å². The third-order valence-electron chi connectivity index (χ3n) is 3.03. The van der Waals surface area contributed by atoms with E-state index in [-0.39, 0.29) is 17.3 Å². The Labute approximate surface area is 119 Å². The molecule has 0 aliphatic heterocycles. The first kappa shape index (κ1) is 15.9. The zero-order chi connectivity index (χ0) is 15.3. The molecular weight excluding hydrogens is 256 g/mol. The van der Waals surface area contributed by atoms with E-state index in [1.807, 2.05) is 25.1 Å². The van der Waals surface area contributed by atoms with Gasteiger partial charge in [-0.15, -0.1) is 0 Å². The summed E-state index contributed by atoms with van der Waals surface area (Å²) < 4.78 is 0. The van der Waals surface area contributed by atoms with E-state index in [0.29, 0.717) is 11.6 Å². The Morgan fingerprint density at radius 1 is 1.45 bits per heavy atom. The van der Waals surface area contributed by atoms with Gasteiger partial charge in [-0.3, -0.25) is 10.1 Å². The molecule has 20 heavy (non-hydrogen) atoms. The van der Waals surface area contributed by atoms with Crippen molar-refractivity contribution >= 4 is 11.4 Å². The lowest BCUT2D eigenvalue weighted by Gasteiger charge is -2.26. The third kappa shape index (κ3) is 4.21. The van der Waals surface area contributed by atoms with Gasteiger partial charge in [0, 0.05) is 18.7 Å². The molecule has 0 aliphatic rings. The van der Waals surface area contributed by atoms with Gasteiger partial charge in [0.2, 0.25) is 0 Å². The summed E-state index contributed by atoms with van der Waals surface area (Å²) in [6.07, 6.45) is 0. The molecule has 0 saturated heterocycles. The van der Waals surface area contributed by atoms with E-state index in [2.05, 4.69) is 19.2 Å². The third-order valence-corrected chi connectivity index (χ3v) is 3.03. The summed E-state index contributed by atoms with van der Waals surface area (Å²) in [6.45, 7) is 4.90. The summed E-state index contributed by atoms with van der Waals surface area (Å²) in [5, 5.41) is 23.2. The molecule has 108 valence electrons. The predicted molar refractivity (Wildman–Crippen MR) is 78.6 cm³/mol. The second-order valence-electron chi connectivity index (χ2n) is 5.36. The number of benzene rings is 1. The normalized spacial score (nSPS) is 12.2. The minimum atomic E-state index is -0.462. The number of nitriles is 1. The number of nitrogens with zero attached hydrogens (tertiary/aromatic N) is 3. The molecule has 0 fully saturated rings. The minimum Gasteiger partial charge on any atom is -0.375 e. The quantitative estimate of drug-likeness (QED) is 0.637. The van der Waals surface area contributed by atoms with E-state index in [9.17, 15) is 10.1 Å². The van der Waals surface area contributed by atoms with Crippen LogP contribution in [0.3, 0.4) is 0 Å². The fourth-order valence-corrected chi connectivity index (χ4v) is 1.89. The van der Waals surface area contributed by atoms with E-state index >= 15 is 0 Å². The molecule has 1 aromatic carbocycles. The molecule has 1 N–H and O–H groups in total. The van der Waals surface area contributed by atoms with Crippen LogP contribution in [0.25, 0.3) is 0 Å². The highest BCUT2D eigenvalue weighted by molar-refractivity contribution is 5.64. The van der Waals surface area contributed by atoms with Crippen molar-refractivity contribution in [2.75, 3.05) is 26.0 Å². The van der Waals surface area contributed by atoms with Crippen LogP contribution in [-0.2, 0) is 0 Å². The zero-order valence-electron chi connectivity index (χ0n) is 12.3. The molecule has 0 aromatic heterocycles. The van der Waals surface area contributed by atoms with Gasteiger partial charge in [-0.25, -0.2) is 0 Å². The highest BCUT2D eigenvalue weighted by Gasteiger charge is 2.20. The SMILES string of the molecule is CC(C)C(CN(C)C)Nc1ccc(C#N)cc1[N+](=O)[O-]. The molecule has 1 rings (SSSR count). The summed E-state index contributed by atoms with van der Waals surface area (Å²) >= 11 is 0. The maximum absolute atomic E-state index is 11.1. The fraction of sp³-hybridized carbons (Fsp3) is 0.500. The smallest absolute Gasteiger partial charge is 0.293 e. The summed E-state index contributed by atoms with van der Waals surface area (Å²) in [5.74, 6) is 0.327. The molecule has 0 amide bonds. The Bertz CT molecular complexity index is 520.